The van der Waals surface area contributed by atoms with Crippen LogP contribution in [0.4, 0.5) is 10.1 Å². The number of hydrogen-bond donors (Lipinski definition) is 0. The Bertz CT molecular complexity index is 1140. The van der Waals surface area contributed by atoms with E-state index in [1.165, 1.54) is 40.7 Å². The molecule has 0 radical (unpaired) electrons. The van der Waals surface area contributed by atoms with Crippen molar-refractivity contribution in [2.24, 2.45) is 5.92 Å². The van der Waals surface area contributed by atoms with E-state index in [1.807, 2.05) is 0 Å². The smallest absolute Gasteiger partial charge is 0.338 e. The molecule has 0 N–H and O–H groups in total. The molecule has 0 saturated carbocycles. The lowest BCUT2D eigenvalue weighted by molar-refractivity contribution is -0.123. The highest BCUT2D eigenvalue weighted by atomic mass is 32.2. The summed E-state index contributed by atoms with van der Waals surface area (Å²) in [4.78, 5) is 26.8. The van der Waals surface area contributed by atoms with Gasteiger partial charge in [-0.2, -0.15) is 4.31 Å². The quantitative estimate of drug-likeness (QED) is 0.621. The molecular weight excluding hydrogens is 447 g/mol. The van der Waals surface area contributed by atoms with Gasteiger partial charge in [0.2, 0.25) is 15.9 Å². The predicted octanol–water partition coefficient (Wildman–Crippen LogP) is 3.38. The zero-order valence-corrected chi connectivity index (χ0v) is 19.3. The normalized spacial score (nSPS) is 17.5. The standard InChI is InChI=1S/C24H27FN2O5S/c1-2-32-24(29)18-5-8-21(9-6-18)33(30,31)26-14-11-17(12-15-26)23(28)27-13-3-4-19-16-20(25)7-10-22(19)27/h5-10,16-17H,2-4,11-15H2,1H3. The van der Waals surface area contributed by atoms with E-state index in [1.54, 1.807) is 17.9 Å². The number of esters is 1. The Morgan fingerprint density at radius 1 is 1.06 bits per heavy atom. The number of carbonyl (C=O) groups excluding carboxylic acids is 2. The molecule has 2 aliphatic rings. The number of aryl methyl sites for hydroxylation is 1. The molecule has 176 valence electrons. The third kappa shape index (κ3) is 4.79. The summed E-state index contributed by atoms with van der Waals surface area (Å²) in [6.45, 7) is 3.01. The van der Waals surface area contributed by atoms with Crippen molar-refractivity contribution in [1.82, 2.24) is 4.31 Å². The van der Waals surface area contributed by atoms with E-state index < -0.39 is 16.0 Å². The summed E-state index contributed by atoms with van der Waals surface area (Å²) in [5, 5.41) is 0. The molecule has 1 amide bonds. The summed E-state index contributed by atoms with van der Waals surface area (Å²) in [5.41, 5.74) is 1.88. The molecule has 2 aromatic rings. The first-order valence-electron chi connectivity index (χ1n) is 11.2. The van der Waals surface area contributed by atoms with Crippen molar-refractivity contribution in [3.8, 4) is 0 Å². The average molecular weight is 475 g/mol. The Morgan fingerprint density at radius 2 is 1.76 bits per heavy atom. The second kappa shape index (κ2) is 9.61. The predicted molar refractivity (Wildman–Crippen MR) is 121 cm³/mol. The largest absolute Gasteiger partial charge is 0.462 e. The molecule has 0 spiro atoms. The number of rotatable bonds is 5. The maximum Gasteiger partial charge on any atom is 0.338 e. The highest BCUT2D eigenvalue weighted by Gasteiger charge is 2.35. The van der Waals surface area contributed by atoms with E-state index in [4.69, 9.17) is 4.74 Å². The van der Waals surface area contributed by atoms with Crippen LogP contribution in [-0.4, -0.2) is 50.8 Å². The van der Waals surface area contributed by atoms with Crippen molar-refractivity contribution in [2.75, 3.05) is 31.1 Å². The molecule has 33 heavy (non-hydrogen) atoms. The van der Waals surface area contributed by atoms with Gasteiger partial charge < -0.3 is 9.64 Å². The first kappa shape index (κ1) is 23.4. The molecular formula is C24H27FN2O5S. The molecule has 2 aromatic carbocycles. The van der Waals surface area contributed by atoms with E-state index in [0.717, 1.165) is 24.1 Å². The molecule has 9 heteroatoms. The fraction of sp³-hybridized carbons (Fsp3) is 0.417. The number of nitrogens with zero attached hydrogens (tertiary/aromatic N) is 2. The van der Waals surface area contributed by atoms with Crippen molar-refractivity contribution in [1.29, 1.82) is 0 Å². The van der Waals surface area contributed by atoms with Crippen LogP contribution in [0.2, 0.25) is 0 Å². The molecule has 2 heterocycles. The highest BCUT2D eigenvalue weighted by Crippen LogP contribution is 2.32. The van der Waals surface area contributed by atoms with Crippen molar-refractivity contribution in [2.45, 2.75) is 37.5 Å². The number of amides is 1. The number of piperidine rings is 1. The maximum absolute atomic E-state index is 13.6. The van der Waals surface area contributed by atoms with Crippen molar-refractivity contribution >= 4 is 27.6 Å². The van der Waals surface area contributed by atoms with Crippen LogP contribution in [0.25, 0.3) is 0 Å². The van der Waals surface area contributed by atoms with E-state index in [-0.39, 0.29) is 42.2 Å². The minimum Gasteiger partial charge on any atom is -0.462 e. The van der Waals surface area contributed by atoms with E-state index >= 15 is 0 Å². The summed E-state index contributed by atoms with van der Waals surface area (Å²) in [5.74, 6) is -1.11. The zero-order chi connectivity index (χ0) is 23.6. The summed E-state index contributed by atoms with van der Waals surface area (Å²) < 4.78 is 46.0. The fourth-order valence-electron chi connectivity index (χ4n) is 4.48. The molecule has 7 nitrogen and oxygen atoms in total. The van der Waals surface area contributed by atoms with E-state index in [9.17, 15) is 22.4 Å². The Kier molecular flexibility index (Phi) is 6.81. The SMILES string of the molecule is CCOC(=O)c1ccc(S(=O)(=O)N2CCC(C(=O)N3CCCc4cc(F)ccc43)CC2)cc1. The van der Waals surface area contributed by atoms with Gasteiger partial charge in [0.25, 0.3) is 0 Å². The van der Waals surface area contributed by atoms with Gasteiger partial charge in [0, 0.05) is 31.2 Å². The Hall–Kier alpha value is -2.78. The van der Waals surface area contributed by atoms with Gasteiger partial charge >= 0.3 is 5.97 Å². The lowest BCUT2D eigenvalue weighted by Crippen LogP contribution is -2.45. The van der Waals surface area contributed by atoms with Gasteiger partial charge in [0.05, 0.1) is 17.1 Å². The number of halogens is 1. The van der Waals surface area contributed by atoms with Crippen LogP contribution in [0.15, 0.2) is 47.4 Å². The van der Waals surface area contributed by atoms with Crippen molar-refractivity contribution < 1.29 is 27.1 Å². The number of carbonyl (C=O) groups is 2. The number of benzene rings is 2. The number of anilines is 1. The van der Waals surface area contributed by atoms with Crippen LogP contribution in [-0.2, 0) is 26.0 Å². The fourth-order valence-corrected chi connectivity index (χ4v) is 5.95. The minimum absolute atomic E-state index is 0.0293. The molecule has 0 aromatic heterocycles. The molecule has 0 aliphatic carbocycles. The highest BCUT2D eigenvalue weighted by molar-refractivity contribution is 7.89. The van der Waals surface area contributed by atoms with Gasteiger partial charge in [-0.25, -0.2) is 17.6 Å². The third-order valence-corrected chi connectivity index (χ3v) is 8.15. The average Bonchev–Trinajstić information content (AvgIpc) is 2.83. The number of hydrogen-bond acceptors (Lipinski definition) is 5. The first-order valence-corrected chi connectivity index (χ1v) is 12.6. The summed E-state index contributed by atoms with van der Waals surface area (Å²) in [7, 11) is -3.73. The monoisotopic (exact) mass is 474 g/mol. The Labute approximate surface area is 193 Å². The van der Waals surface area contributed by atoms with Gasteiger partial charge in [-0.3, -0.25) is 4.79 Å². The molecule has 2 aliphatic heterocycles. The third-order valence-electron chi connectivity index (χ3n) is 6.23. The van der Waals surface area contributed by atoms with Crippen LogP contribution in [0.3, 0.4) is 0 Å². The van der Waals surface area contributed by atoms with Crippen LogP contribution >= 0.6 is 0 Å². The molecule has 1 fully saturated rings. The Morgan fingerprint density at radius 3 is 2.42 bits per heavy atom. The van der Waals surface area contributed by atoms with Crippen LogP contribution < -0.4 is 4.90 Å². The van der Waals surface area contributed by atoms with E-state index in [2.05, 4.69) is 0 Å². The summed E-state index contributed by atoms with van der Waals surface area (Å²) in [6, 6.07) is 10.2. The second-order valence-electron chi connectivity index (χ2n) is 8.29. The topological polar surface area (TPSA) is 84.0 Å². The van der Waals surface area contributed by atoms with Gasteiger partial charge in [0.15, 0.2) is 0 Å². The molecule has 4 rings (SSSR count). The first-order chi connectivity index (χ1) is 15.8. The van der Waals surface area contributed by atoms with Crippen LogP contribution in [0.5, 0.6) is 0 Å². The number of sulfonamides is 1. The lowest BCUT2D eigenvalue weighted by atomic mass is 9.94. The number of fused-ring (bicyclic) bond motifs is 1. The van der Waals surface area contributed by atoms with E-state index in [0.29, 0.717) is 24.9 Å². The maximum atomic E-state index is 13.6. The van der Waals surface area contributed by atoms with Crippen molar-refractivity contribution in [3.05, 3.63) is 59.4 Å². The molecule has 0 bridgehead atoms. The number of ether oxygens (including phenoxy) is 1. The summed E-state index contributed by atoms with van der Waals surface area (Å²) >= 11 is 0. The van der Waals surface area contributed by atoms with Gasteiger partial charge in [-0.05, 0) is 80.6 Å². The molecule has 0 atom stereocenters. The van der Waals surface area contributed by atoms with Crippen LogP contribution in [0, 0.1) is 11.7 Å². The zero-order valence-electron chi connectivity index (χ0n) is 18.5. The Balaban J connectivity index is 1.41. The van der Waals surface area contributed by atoms with Gasteiger partial charge in [-0.1, -0.05) is 0 Å². The van der Waals surface area contributed by atoms with Gasteiger partial charge in [-0.15, -0.1) is 0 Å². The lowest BCUT2D eigenvalue weighted by Gasteiger charge is -2.36. The van der Waals surface area contributed by atoms with Crippen molar-refractivity contribution in [3.63, 3.8) is 0 Å². The molecule has 0 unspecified atom stereocenters. The van der Waals surface area contributed by atoms with Gasteiger partial charge in [0.1, 0.15) is 5.82 Å². The molecule has 1 saturated heterocycles. The van der Waals surface area contributed by atoms with Crippen LogP contribution in [0.1, 0.15) is 42.1 Å². The summed E-state index contributed by atoms with van der Waals surface area (Å²) in [6.07, 6.45) is 2.36. The minimum atomic E-state index is -3.73. The second-order valence-corrected chi connectivity index (χ2v) is 10.2.